The number of aliphatic hydroxyl groups excluding tert-OH is 1. The number of halogens is 1. The van der Waals surface area contributed by atoms with Crippen LogP contribution in [0.2, 0.25) is 0 Å². The highest BCUT2D eigenvalue weighted by Gasteiger charge is 2.28. The van der Waals surface area contributed by atoms with Crippen molar-refractivity contribution in [1.29, 1.82) is 0 Å². The van der Waals surface area contributed by atoms with Gasteiger partial charge in [-0.1, -0.05) is 18.2 Å². The van der Waals surface area contributed by atoms with Gasteiger partial charge in [0, 0.05) is 37.6 Å². The summed E-state index contributed by atoms with van der Waals surface area (Å²) in [5.41, 5.74) is 1.49. The van der Waals surface area contributed by atoms with Crippen LogP contribution < -0.4 is 0 Å². The molecule has 1 fully saturated rings. The Kier molecular flexibility index (Phi) is 4.57. The van der Waals surface area contributed by atoms with E-state index in [1.165, 1.54) is 6.07 Å². The first kappa shape index (κ1) is 15.2. The fourth-order valence-electron chi connectivity index (χ4n) is 3.02. The molecule has 2 unspecified atom stereocenters. The van der Waals surface area contributed by atoms with Crippen molar-refractivity contribution >= 4 is 0 Å². The molecule has 2 heterocycles. The summed E-state index contributed by atoms with van der Waals surface area (Å²) in [7, 11) is 2.00. The highest BCUT2D eigenvalue weighted by molar-refractivity contribution is 5.20. The molecule has 0 amide bonds. The number of β-amino-alcohol motifs (C(OH)–C–C–N with tert-alkyl or cyclic N) is 1. The Hall–Kier alpha value is -1.69. The predicted octanol–water partition coefficient (Wildman–Crippen LogP) is 2.27. The molecule has 1 aliphatic rings. The lowest BCUT2D eigenvalue weighted by Gasteiger charge is -2.37. The van der Waals surface area contributed by atoms with Gasteiger partial charge in [0.05, 0.1) is 25.4 Å². The van der Waals surface area contributed by atoms with E-state index < -0.39 is 6.10 Å². The van der Waals surface area contributed by atoms with Crippen molar-refractivity contribution in [1.82, 2.24) is 9.47 Å². The summed E-state index contributed by atoms with van der Waals surface area (Å²) in [6, 6.07) is 10.5. The number of morpholine rings is 1. The molecule has 0 spiro atoms. The van der Waals surface area contributed by atoms with E-state index in [4.69, 9.17) is 4.74 Å². The molecule has 1 aliphatic heterocycles. The zero-order valence-corrected chi connectivity index (χ0v) is 12.7. The second-order valence-electron chi connectivity index (χ2n) is 5.67. The van der Waals surface area contributed by atoms with Crippen LogP contribution in [0, 0.1) is 5.82 Å². The first-order valence-corrected chi connectivity index (χ1v) is 7.52. The molecule has 22 heavy (non-hydrogen) atoms. The fraction of sp³-hybridized carbons (Fsp3) is 0.412. The standard InChI is InChI=1S/C17H21FN2O2/c1-19-8-4-7-15(19)16-12-22-10-9-20(16)11-17(21)13-5-2-3-6-14(13)18/h2-8,16-17,21H,9-12H2,1H3. The molecule has 0 bridgehead atoms. The Bertz CT molecular complexity index is 629. The van der Waals surface area contributed by atoms with Crippen LogP contribution >= 0.6 is 0 Å². The van der Waals surface area contributed by atoms with Crippen LogP contribution in [0.25, 0.3) is 0 Å². The Labute approximate surface area is 129 Å². The third-order valence-corrected chi connectivity index (χ3v) is 4.24. The van der Waals surface area contributed by atoms with Gasteiger partial charge in [0.1, 0.15) is 5.82 Å². The van der Waals surface area contributed by atoms with Gasteiger partial charge >= 0.3 is 0 Å². The summed E-state index contributed by atoms with van der Waals surface area (Å²) in [5, 5.41) is 10.4. The van der Waals surface area contributed by atoms with E-state index in [0.717, 1.165) is 12.2 Å². The average Bonchev–Trinajstić information content (AvgIpc) is 2.94. The molecule has 3 rings (SSSR count). The highest BCUT2D eigenvalue weighted by atomic mass is 19.1. The largest absolute Gasteiger partial charge is 0.387 e. The maximum absolute atomic E-state index is 13.8. The van der Waals surface area contributed by atoms with Crippen molar-refractivity contribution in [3.63, 3.8) is 0 Å². The summed E-state index contributed by atoms with van der Waals surface area (Å²) >= 11 is 0. The van der Waals surface area contributed by atoms with Crippen LogP contribution in [0.5, 0.6) is 0 Å². The summed E-state index contributed by atoms with van der Waals surface area (Å²) in [6.07, 6.45) is 1.15. The Morgan fingerprint density at radius 1 is 1.32 bits per heavy atom. The van der Waals surface area contributed by atoms with E-state index in [0.29, 0.717) is 25.3 Å². The van der Waals surface area contributed by atoms with Crippen LogP contribution in [0.4, 0.5) is 4.39 Å². The number of benzene rings is 1. The fourth-order valence-corrected chi connectivity index (χ4v) is 3.02. The second-order valence-corrected chi connectivity index (χ2v) is 5.67. The molecule has 5 heteroatoms. The van der Waals surface area contributed by atoms with Crippen LogP contribution in [0.1, 0.15) is 23.4 Å². The monoisotopic (exact) mass is 304 g/mol. The first-order valence-electron chi connectivity index (χ1n) is 7.52. The first-order chi connectivity index (χ1) is 10.7. The quantitative estimate of drug-likeness (QED) is 0.941. The van der Waals surface area contributed by atoms with Crippen molar-refractivity contribution in [2.24, 2.45) is 7.05 Å². The summed E-state index contributed by atoms with van der Waals surface area (Å²) < 4.78 is 21.5. The topological polar surface area (TPSA) is 37.6 Å². The van der Waals surface area contributed by atoms with Gasteiger partial charge in [-0.15, -0.1) is 0 Å². The SMILES string of the molecule is Cn1cccc1C1COCCN1CC(O)c1ccccc1F. The summed E-state index contributed by atoms with van der Waals surface area (Å²) in [5.74, 6) is -0.362. The minimum Gasteiger partial charge on any atom is -0.387 e. The lowest BCUT2D eigenvalue weighted by molar-refractivity contribution is -0.0305. The molecule has 0 aliphatic carbocycles. The van der Waals surface area contributed by atoms with Gasteiger partial charge in [-0.2, -0.15) is 0 Å². The van der Waals surface area contributed by atoms with E-state index >= 15 is 0 Å². The van der Waals surface area contributed by atoms with E-state index in [1.54, 1.807) is 18.2 Å². The Morgan fingerprint density at radius 2 is 2.14 bits per heavy atom. The van der Waals surface area contributed by atoms with Gasteiger partial charge < -0.3 is 14.4 Å². The van der Waals surface area contributed by atoms with Gasteiger partial charge in [0.2, 0.25) is 0 Å². The molecule has 1 N–H and O–H groups in total. The van der Waals surface area contributed by atoms with Crippen LogP contribution in [-0.4, -0.2) is 40.9 Å². The third-order valence-electron chi connectivity index (χ3n) is 4.24. The van der Waals surface area contributed by atoms with Crippen molar-refractivity contribution in [2.45, 2.75) is 12.1 Å². The number of rotatable bonds is 4. The summed E-state index contributed by atoms with van der Waals surface area (Å²) in [6.45, 7) is 2.33. The molecule has 2 aromatic rings. The van der Waals surface area contributed by atoms with E-state index in [9.17, 15) is 9.50 Å². The average molecular weight is 304 g/mol. The molecule has 1 saturated heterocycles. The van der Waals surface area contributed by atoms with Crippen LogP contribution in [-0.2, 0) is 11.8 Å². The van der Waals surface area contributed by atoms with E-state index in [-0.39, 0.29) is 11.9 Å². The van der Waals surface area contributed by atoms with Gasteiger partial charge in [-0.3, -0.25) is 4.90 Å². The van der Waals surface area contributed by atoms with Crippen LogP contribution in [0.3, 0.4) is 0 Å². The lowest BCUT2D eigenvalue weighted by atomic mass is 10.1. The molecule has 2 atom stereocenters. The maximum Gasteiger partial charge on any atom is 0.129 e. The minimum absolute atomic E-state index is 0.0789. The Balaban J connectivity index is 1.77. The van der Waals surface area contributed by atoms with Crippen molar-refractivity contribution in [3.05, 3.63) is 59.7 Å². The number of hydrogen-bond acceptors (Lipinski definition) is 3. The molecule has 1 aromatic carbocycles. The molecular formula is C17H21FN2O2. The number of hydrogen-bond donors (Lipinski definition) is 1. The Morgan fingerprint density at radius 3 is 2.86 bits per heavy atom. The second kappa shape index (κ2) is 6.60. The molecule has 0 saturated carbocycles. The smallest absolute Gasteiger partial charge is 0.129 e. The predicted molar refractivity (Wildman–Crippen MR) is 81.9 cm³/mol. The zero-order chi connectivity index (χ0) is 15.5. The number of nitrogens with zero attached hydrogens (tertiary/aromatic N) is 2. The number of aromatic nitrogens is 1. The van der Waals surface area contributed by atoms with Crippen molar-refractivity contribution in [3.8, 4) is 0 Å². The molecular weight excluding hydrogens is 283 g/mol. The van der Waals surface area contributed by atoms with Gasteiger partial charge in [0.25, 0.3) is 0 Å². The minimum atomic E-state index is -0.845. The summed E-state index contributed by atoms with van der Waals surface area (Å²) in [4.78, 5) is 2.16. The number of ether oxygens (including phenoxy) is 1. The van der Waals surface area contributed by atoms with Crippen molar-refractivity contribution in [2.75, 3.05) is 26.3 Å². The maximum atomic E-state index is 13.8. The van der Waals surface area contributed by atoms with E-state index in [2.05, 4.69) is 15.5 Å². The van der Waals surface area contributed by atoms with Crippen LogP contribution in [0.15, 0.2) is 42.6 Å². The van der Waals surface area contributed by atoms with Gasteiger partial charge in [-0.05, 0) is 18.2 Å². The highest BCUT2D eigenvalue weighted by Crippen LogP contribution is 2.27. The third kappa shape index (κ3) is 3.06. The lowest BCUT2D eigenvalue weighted by Crippen LogP contribution is -2.42. The van der Waals surface area contributed by atoms with Gasteiger partial charge in [-0.25, -0.2) is 4.39 Å². The zero-order valence-electron chi connectivity index (χ0n) is 12.7. The molecule has 4 nitrogen and oxygen atoms in total. The van der Waals surface area contributed by atoms with E-state index in [1.807, 2.05) is 19.3 Å². The van der Waals surface area contributed by atoms with Crippen molar-refractivity contribution < 1.29 is 14.2 Å². The molecule has 0 radical (unpaired) electrons. The normalized spacial score (nSPS) is 21.0. The van der Waals surface area contributed by atoms with Gasteiger partial charge in [0.15, 0.2) is 0 Å². The molecule has 118 valence electrons. The number of aliphatic hydroxyl groups is 1. The number of aryl methyl sites for hydroxylation is 1. The molecule has 1 aromatic heterocycles.